The Hall–Kier alpha value is 0.606. The Morgan fingerprint density at radius 3 is 0.649 bits per heavy atom. The first kappa shape index (κ1) is 61.9. The molecule has 57 heavy (non-hydrogen) atoms. The zero-order valence-corrected chi connectivity index (χ0v) is 41.4. The smallest absolute Gasteiger partial charge is 0.353 e. The van der Waals surface area contributed by atoms with Gasteiger partial charge in [-0.2, -0.15) is 12.8 Å². The summed E-state index contributed by atoms with van der Waals surface area (Å²) in [4.78, 5) is 0. The maximum Gasteiger partial charge on any atom is 2.00 e. The van der Waals surface area contributed by atoms with Gasteiger partial charge >= 0.3 is 23.1 Å². The Labute approximate surface area is 377 Å². The third-order valence-corrected chi connectivity index (χ3v) is 11.1. The van der Waals surface area contributed by atoms with E-state index >= 15 is 0 Å². The topological polar surface area (TPSA) is 36.9 Å². The zero-order chi connectivity index (χ0) is 41.1. The first-order valence-electron chi connectivity index (χ1n) is 25.7. The summed E-state index contributed by atoms with van der Waals surface area (Å²) in [6, 6.07) is 0. The molecule has 0 saturated heterocycles. The second-order valence-corrected chi connectivity index (χ2v) is 16.9. The molecule has 0 fully saturated rings. The maximum absolute atomic E-state index is 6.06. The van der Waals surface area contributed by atoms with Crippen LogP contribution >= 0.6 is 0 Å². The van der Waals surface area contributed by atoms with E-state index in [1.807, 2.05) is 0 Å². The molecule has 0 amide bonds. The molecule has 4 nitrogen and oxygen atoms in total. The van der Waals surface area contributed by atoms with Crippen LogP contribution in [0.5, 0.6) is 0 Å². The van der Waals surface area contributed by atoms with Gasteiger partial charge in [0.05, 0.1) is 0 Å². The third kappa shape index (κ3) is 56.6. The minimum atomic E-state index is 0. The Morgan fingerprint density at radius 1 is 0.263 bits per heavy atom. The van der Waals surface area contributed by atoms with Crippen molar-refractivity contribution in [2.45, 2.75) is 297 Å². The molecule has 340 valence electrons. The van der Waals surface area contributed by atoms with Crippen LogP contribution in [0.4, 0.5) is 0 Å². The van der Waals surface area contributed by atoms with E-state index in [1.54, 1.807) is 0 Å². The van der Waals surface area contributed by atoms with E-state index in [4.69, 9.17) is 18.9 Å². The molecular weight excluding hydrogens is 713 g/mol. The monoisotopic (exact) mass is 819 g/mol. The van der Waals surface area contributed by atoms with Crippen molar-refractivity contribution in [3.8, 4) is 0 Å². The van der Waals surface area contributed by atoms with Crippen molar-refractivity contribution < 1.29 is 18.9 Å². The minimum Gasteiger partial charge on any atom is -0.353 e. The normalized spacial score (nSPS) is 11.4. The molecule has 0 radical (unpaired) electrons. The predicted molar refractivity (Wildman–Crippen MR) is 255 cm³/mol. The molecule has 0 bridgehead atoms. The summed E-state index contributed by atoms with van der Waals surface area (Å²) in [6.45, 7) is 20.5. The van der Waals surface area contributed by atoms with Gasteiger partial charge in [0.2, 0.25) is 0 Å². The van der Waals surface area contributed by atoms with Crippen LogP contribution in [0.1, 0.15) is 285 Å². The predicted octanol–water partition coefficient (Wildman–Crippen LogP) is 17.7. The second kappa shape index (κ2) is 58.7. The number of unbranched alkanes of at least 4 members (excludes halogenated alkanes) is 32. The van der Waals surface area contributed by atoms with E-state index in [0.717, 1.165) is 52.1 Å². The van der Waals surface area contributed by atoms with Crippen molar-refractivity contribution in [3.63, 3.8) is 0 Å². The number of hydrogen-bond donors (Lipinski definition) is 0. The Bertz CT molecular complexity index is 552. The van der Waals surface area contributed by atoms with E-state index in [-0.39, 0.29) is 35.6 Å². The summed E-state index contributed by atoms with van der Waals surface area (Å²) in [5, 5.41) is 0. The molecule has 0 saturated carbocycles. The average molecular weight is 820 g/mol. The molecule has 0 aliphatic carbocycles. The van der Waals surface area contributed by atoms with Crippen molar-refractivity contribution in [3.05, 3.63) is 13.8 Å². The molecule has 0 N–H and O–H groups in total. The first-order valence-corrected chi connectivity index (χ1v) is 25.7. The van der Waals surface area contributed by atoms with Crippen LogP contribution in [0.15, 0.2) is 0 Å². The van der Waals surface area contributed by atoms with Gasteiger partial charge in [-0.1, -0.05) is 233 Å². The Balaban J connectivity index is -0.00000101. The molecular formula is C52H106MgO4. The summed E-state index contributed by atoms with van der Waals surface area (Å²) in [7, 11) is 0. The molecule has 5 heteroatoms. The van der Waals surface area contributed by atoms with E-state index in [0.29, 0.717) is 0 Å². The number of ether oxygens (including phenoxy) is 4. The number of hydrogen-bond acceptors (Lipinski definition) is 4. The summed E-state index contributed by atoms with van der Waals surface area (Å²) < 4.78 is 24.3. The Kier molecular flexibility index (Phi) is 63.7. The quantitative estimate of drug-likeness (QED) is 0.0265. The Morgan fingerprint density at radius 2 is 0.456 bits per heavy atom. The van der Waals surface area contributed by atoms with Crippen LogP contribution in [0, 0.1) is 13.8 Å². The van der Waals surface area contributed by atoms with E-state index in [9.17, 15) is 0 Å². The molecule has 0 aromatic rings. The first-order chi connectivity index (χ1) is 27.7. The zero-order valence-electron chi connectivity index (χ0n) is 40.0. The fraction of sp³-hybridized carbons (Fsp3) is 0.962. The molecule has 0 unspecified atom stereocenters. The molecule has 0 aliphatic heterocycles. The van der Waals surface area contributed by atoms with Gasteiger partial charge < -0.3 is 32.8 Å². The van der Waals surface area contributed by atoms with Crippen LogP contribution in [0.25, 0.3) is 0 Å². The summed E-state index contributed by atoms with van der Waals surface area (Å²) in [5.74, 6) is 0. The van der Waals surface area contributed by atoms with Crippen LogP contribution in [-0.4, -0.2) is 62.1 Å². The average Bonchev–Trinajstić information content (AvgIpc) is 3.21. The molecule has 0 aromatic heterocycles. The second-order valence-electron chi connectivity index (χ2n) is 16.9. The van der Waals surface area contributed by atoms with Gasteiger partial charge in [-0.15, -0.1) is 0 Å². The molecule has 0 spiro atoms. The van der Waals surface area contributed by atoms with E-state index in [1.165, 1.54) is 231 Å². The van der Waals surface area contributed by atoms with Gasteiger partial charge in [0.1, 0.15) is 0 Å². The fourth-order valence-electron chi connectivity index (χ4n) is 7.21. The maximum atomic E-state index is 6.06. The van der Waals surface area contributed by atoms with Gasteiger partial charge in [-0.3, -0.25) is 0 Å². The summed E-state index contributed by atoms with van der Waals surface area (Å²) in [5.41, 5.74) is 0. The number of rotatable bonds is 48. The van der Waals surface area contributed by atoms with Crippen LogP contribution in [0.2, 0.25) is 0 Å². The van der Waals surface area contributed by atoms with Crippen molar-refractivity contribution in [1.29, 1.82) is 0 Å². The van der Waals surface area contributed by atoms with Gasteiger partial charge in [0, 0.05) is 26.4 Å². The van der Waals surface area contributed by atoms with Crippen molar-refractivity contribution in [2.24, 2.45) is 0 Å². The fourth-order valence-corrected chi connectivity index (χ4v) is 7.21. The SMILES string of the molecule is [CH2-]CCCCC(OCCCCCCCCCC)OCCCCCCCCCC.[CH2-]CCCCC(OCCCCCCCCCC)OCCCCCCCCCC.[Mg+2]. The summed E-state index contributed by atoms with van der Waals surface area (Å²) >= 11 is 0. The molecule has 0 heterocycles. The van der Waals surface area contributed by atoms with Crippen LogP contribution < -0.4 is 0 Å². The molecule has 0 rings (SSSR count). The molecule has 0 atom stereocenters. The molecule has 0 aromatic carbocycles. The van der Waals surface area contributed by atoms with Gasteiger partial charge in [-0.05, 0) is 38.5 Å². The van der Waals surface area contributed by atoms with Crippen LogP contribution in [0.3, 0.4) is 0 Å². The van der Waals surface area contributed by atoms with Crippen molar-refractivity contribution >= 4 is 23.1 Å². The summed E-state index contributed by atoms with van der Waals surface area (Å²) in [6.07, 6.45) is 52.0. The van der Waals surface area contributed by atoms with Gasteiger partial charge in [-0.25, -0.2) is 0 Å². The van der Waals surface area contributed by atoms with Crippen molar-refractivity contribution in [2.75, 3.05) is 26.4 Å². The van der Waals surface area contributed by atoms with Crippen molar-refractivity contribution in [1.82, 2.24) is 0 Å². The minimum absolute atomic E-state index is 0. The third-order valence-electron chi connectivity index (χ3n) is 11.1. The van der Waals surface area contributed by atoms with Gasteiger partial charge in [0.15, 0.2) is 12.6 Å². The van der Waals surface area contributed by atoms with Crippen LogP contribution in [-0.2, 0) is 18.9 Å². The van der Waals surface area contributed by atoms with E-state index in [2.05, 4.69) is 41.5 Å². The molecule has 0 aliphatic rings. The standard InChI is InChI=1S/2C26H53O2.Mg/c2*1-4-7-10-12-14-16-18-21-24-27-26(23-20-9-6-3)28-25-22-19-17-15-13-11-8-5-2;/h2*26H,3-25H2,1-2H3;/q2*-1;+2. The van der Waals surface area contributed by atoms with Gasteiger partial charge in [0.25, 0.3) is 0 Å². The van der Waals surface area contributed by atoms with E-state index < -0.39 is 0 Å². The largest absolute Gasteiger partial charge is 2.00 e.